The van der Waals surface area contributed by atoms with Crippen LogP contribution in [0.1, 0.15) is 34.8 Å². The van der Waals surface area contributed by atoms with Crippen LogP contribution >= 0.6 is 0 Å². The number of rotatable bonds is 7. The highest BCUT2D eigenvalue weighted by Crippen LogP contribution is 2.15. The number of hydrogen-bond donors (Lipinski definition) is 2. The number of aromatic nitrogens is 4. The third kappa shape index (κ3) is 4.27. The summed E-state index contributed by atoms with van der Waals surface area (Å²) in [5, 5.41) is 13.5. The molecule has 0 spiro atoms. The monoisotopic (exact) mass is 355 g/mol. The number of carbonyl (C=O) groups is 1. The lowest BCUT2D eigenvalue weighted by Crippen LogP contribution is -2.13. The van der Waals surface area contributed by atoms with Gasteiger partial charge in [-0.2, -0.15) is 4.98 Å². The van der Waals surface area contributed by atoms with Crippen molar-refractivity contribution in [3.05, 3.63) is 52.7 Å². The van der Waals surface area contributed by atoms with Crippen molar-refractivity contribution in [1.82, 2.24) is 20.3 Å². The standard InChI is InChI=1S/C18H21N5O3/c1-11-15(12(2)26-23-11)8-9-17(24)20-18-19-16(21-22-18)10-13-4-6-14(25-3)7-5-13/h4-7H,8-10H2,1-3H3,(H2,19,20,21,22,24). The van der Waals surface area contributed by atoms with Gasteiger partial charge in [-0.3, -0.25) is 15.2 Å². The maximum atomic E-state index is 12.1. The molecule has 0 aliphatic carbocycles. The van der Waals surface area contributed by atoms with Gasteiger partial charge in [-0.1, -0.05) is 17.3 Å². The molecule has 0 unspecified atom stereocenters. The van der Waals surface area contributed by atoms with E-state index in [-0.39, 0.29) is 11.9 Å². The minimum Gasteiger partial charge on any atom is -0.497 e. The molecule has 26 heavy (non-hydrogen) atoms. The molecule has 2 heterocycles. The number of methoxy groups -OCH3 is 1. The Morgan fingerprint density at radius 2 is 2.04 bits per heavy atom. The number of nitrogens with one attached hydrogen (secondary N) is 2. The van der Waals surface area contributed by atoms with E-state index in [0.717, 1.165) is 28.3 Å². The average Bonchev–Trinajstić information content (AvgIpc) is 3.20. The van der Waals surface area contributed by atoms with E-state index in [2.05, 4.69) is 25.7 Å². The van der Waals surface area contributed by atoms with Crippen LogP contribution in [0.3, 0.4) is 0 Å². The van der Waals surface area contributed by atoms with Gasteiger partial charge in [0.1, 0.15) is 17.3 Å². The lowest BCUT2D eigenvalue weighted by molar-refractivity contribution is -0.116. The Morgan fingerprint density at radius 3 is 2.69 bits per heavy atom. The van der Waals surface area contributed by atoms with Crippen molar-refractivity contribution in [2.45, 2.75) is 33.1 Å². The van der Waals surface area contributed by atoms with E-state index in [0.29, 0.717) is 25.1 Å². The predicted octanol–water partition coefficient (Wildman–Crippen LogP) is 2.58. The van der Waals surface area contributed by atoms with Gasteiger partial charge >= 0.3 is 0 Å². The molecule has 8 heteroatoms. The molecule has 0 radical (unpaired) electrons. The molecular weight excluding hydrogens is 334 g/mol. The van der Waals surface area contributed by atoms with E-state index in [9.17, 15) is 4.79 Å². The largest absolute Gasteiger partial charge is 0.497 e. The van der Waals surface area contributed by atoms with Crippen molar-refractivity contribution in [2.24, 2.45) is 0 Å². The first-order valence-electron chi connectivity index (χ1n) is 8.31. The summed E-state index contributed by atoms with van der Waals surface area (Å²) in [6.45, 7) is 3.71. The van der Waals surface area contributed by atoms with Crippen LogP contribution in [0.4, 0.5) is 5.95 Å². The molecule has 0 saturated heterocycles. The second kappa shape index (κ2) is 7.81. The number of carbonyl (C=O) groups excluding carboxylic acids is 1. The topological polar surface area (TPSA) is 106 Å². The molecule has 3 rings (SSSR count). The zero-order valence-electron chi connectivity index (χ0n) is 15.0. The molecule has 3 aromatic rings. The molecule has 0 bridgehead atoms. The smallest absolute Gasteiger partial charge is 0.248 e. The highest BCUT2D eigenvalue weighted by atomic mass is 16.5. The second-order valence-corrected chi connectivity index (χ2v) is 5.98. The summed E-state index contributed by atoms with van der Waals surface area (Å²) in [5.74, 6) is 2.35. The lowest BCUT2D eigenvalue weighted by atomic mass is 10.1. The fourth-order valence-corrected chi connectivity index (χ4v) is 2.65. The van der Waals surface area contributed by atoms with Gasteiger partial charge in [-0.15, -0.1) is 5.10 Å². The summed E-state index contributed by atoms with van der Waals surface area (Å²) < 4.78 is 10.2. The van der Waals surface area contributed by atoms with Gasteiger partial charge in [0.05, 0.1) is 12.8 Å². The number of ether oxygens (including phenoxy) is 1. The van der Waals surface area contributed by atoms with Gasteiger partial charge in [-0.25, -0.2) is 0 Å². The van der Waals surface area contributed by atoms with E-state index in [1.54, 1.807) is 7.11 Å². The van der Waals surface area contributed by atoms with Gasteiger partial charge in [-0.05, 0) is 38.0 Å². The van der Waals surface area contributed by atoms with Gasteiger partial charge in [0.25, 0.3) is 0 Å². The summed E-state index contributed by atoms with van der Waals surface area (Å²) in [5.41, 5.74) is 2.85. The fraction of sp³-hybridized carbons (Fsp3) is 0.333. The maximum Gasteiger partial charge on any atom is 0.248 e. The molecule has 1 aromatic carbocycles. The Bertz CT molecular complexity index is 863. The first-order valence-corrected chi connectivity index (χ1v) is 8.31. The molecule has 0 aliphatic rings. The van der Waals surface area contributed by atoms with Crippen LogP contribution in [-0.4, -0.2) is 33.4 Å². The van der Waals surface area contributed by atoms with Crippen LogP contribution in [-0.2, 0) is 17.6 Å². The maximum absolute atomic E-state index is 12.1. The van der Waals surface area contributed by atoms with Gasteiger partial charge < -0.3 is 9.26 Å². The SMILES string of the molecule is COc1ccc(Cc2nc(NC(=O)CCc3c(C)noc3C)n[nH]2)cc1. The van der Waals surface area contributed by atoms with Crippen molar-refractivity contribution in [1.29, 1.82) is 0 Å². The minimum absolute atomic E-state index is 0.153. The second-order valence-electron chi connectivity index (χ2n) is 5.98. The third-order valence-corrected chi connectivity index (χ3v) is 4.10. The Morgan fingerprint density at radius 1 is 1.27 bits per heavy atom. The van der Waals surface area contributed by atoms with Crippen LogP contribution in [0.2, 0.25) is 0 Å². The molecule has 1 amide bonds. The summed E-state index contributed by atoms with van der Waals surface area (Å²) >= 11 is 0. The predicted molar refractivity (Wildman–Crippen MR) is 95.1 cm³/mol. The summed E-state index contributed by atoms with van der Waals surface area (Å²) in [4.78, 5) is 16.4. The highest BCUT2D eigenvalue weighted by Gasteiger charge is 2.13. The number of H-pyrrole nitrogens is 1. The quantitative estimate of drug-likeness (QED) is 0.675. The van der Waals surface area contributed by atoms with Crippen LogP contribution in [0.5, 0.6) is 5.75 Å². The summed E-state index contributed by atoms with van der Waals surface area (Å²) in [6.07, 6.45) is 1.47. The third-order valence-electron chi connectivity index (χ3n) is 4.10. The Kier molecular flexibility index (Phi) is 5.31. The summed E-state index contributed by atoms with van der Waals surface area (Å²) in [7, 11) is 1.63. The molecule has 0 atom stereocenters. The van der Waals surface area contributed by atoms with Crippen molar-refractivity contribution in [2.75, 3.05) is 12.4 Å². The molecule has 2 N–H and O–H groups in total. The molecular formula is C18H21N5O3. The number of aryl methyl sites for hydroxylation is 2. The normalized spacial score (nSPS) is 10.7. The Balaban J connectivity index is 1.53. The molecule has 0 fully saturated rings. The molecule has 0 aliphatic heterocycles. The zero-order chi connectivity index (χ0) is 18.5. The van der Waals surface area contributed by atoms with Crippen molar-refractivity contribution in [3.8, 4) is 5.75 Å². The van der Waals surface area contributed by atoms with Crippen LogP contribution in [0, 0.1) is 13.8 Å². The number of nitrogens with zero attached hydrogens (tertiary/aromatic N) is 3. The fourth-order valence-electron chi connectivity index (χ4n) is 2.65. The number of amides is 1. The first-order chi connectivity index (χ1) is 12.5. The van der Waals surface area contributed by atoms with Crippen molar-refractivity contribution < 1.29 is 14.1 Å². The van der Waals surface area contributed by atoms with Crippen LogP contribution < -0.4 is 10.1 Å². The molecule has 8 nitrogen and oxygen atoms in total. The Hall–Kier alpha value is -3.16. The first kappa shape index (κ1) is 17.7. The number of aromatic amines is 1. The van der Waals surface area contributed by atoms with E-state index < -0.39 is 0 Å². The lowest BCUT2D eigenvalue weighted by Gasteiger charge is -2.01. The van der Waals surface area contributed by atoms with E-state index in [1.165, 1.54) is 0 Å². The Labute approximate surface area is 151 Å². The minimum atomic E-state index is -0.153. The van der Waals surface area contributed by atoms with E-state index in [4.69, 9.17) is 9.26 Å². The molecule has 2 aromatic heterocycles. The molecule has 0 saturated carbocycles. The van der Waals surface area contributed by atoms with Crippen molar-refractivity contribution in [3.63, 3.8) is 0 Å². The summed E-state index contributed by atoms with van der Waals surface area (Å²) in [6, 6.07) is 7.71. The van der Waals surface area contributed by atoms with Gasteiger partial charge in [0, 0.05) is 18.4 Å². The highest BCUT2D eigenvalue weighted by molar-refractivity contribution is 5.89. The van der Waals surface area contributed by atoms with Crippen LogP contribution in [0.15, 0.2) is 28.8 Å². The van der Waals surface area contributed by atoms with E-state index >= 15 is 0 Å². The van der Waals surface area contributed by atoms with Crippen LogP contribution in [0.25, 0.3) is 0 Å². The number of hydrogen-bond acceptors (Lipinski definition) is 6. The molecule has 136 valence electrons. The van der Waals surface area contributed by atoms with Gasteiger partial charge in [0.2, 0.25) is 11.9 Å². The average molecular weight is 355 g/mol. The van der Waals surface area contributed by atoms with Gasteiger partial charge in [0.15, 0.2) is 0 Å². The zero-order valence-corrected chi connectivity index (χ0v) is 15.0. The number of benzene rings is 1. The number of anilines is 1. The van der Waals surface area contributed by atoms with E-state index in [1.807, 2.05) is 38.1 Å². The van der Waals surface area contributed by atoms with Crippen molar-refractivity contribution >= 4 is 11.9 Å².